The number of likely N-dealkylation sites (tertiary alicyclic amines) is 1. The summed E-state index contributed by atoms with van der Waals surface area (Å²) >= 11 is 0. The summed E-state index contributed by atoms with van der Waals surface area (Å²) in [5.41, 5.74) is -0.441. The van der Waals surface area contributed by atoms with Gasteiger partial charge in [0.15, 0.2) is 11.5 Å². The molecule has 2 fully saturated rings. The highest BCUT2D eigenvalue weighted by molar-refractivity contribution is 5.61. The minimum Gasteiger partial charge on any atom is -0.493 e. The minimum atomic E-state index is -2.57. The van der Waals surface area contributed by atoms with E-state index in [0.717, 1.165) is 4.90 Å². The van der Waals surface area contributed by atoms with Crippen molar-refractivity contribution in [3.05, 3.63) is 23.3 Å². The molecular formula is C18H23NO3. The molecule has 2 aliphatic carbocycles. The minimum absolute atomic E-state index is 0.0160. The smallest absolute Gasteiger partial charge is 0.211 e. The van der Waals surface area contributed by atoms with E-state index < -0.39 is 42.9 Å². The van der Waals surface area contributed by atoms with E-state index >= 15 is 0 Å². The van der Waals surface area contributed by atoms with E-state index in [0.29, 0.717) is 11.3 Å². The Balaban J connectivity index is 1.87. The van der Waals surface area contributed by atoms with Crippen LogP contribution in [0, 0.1) is 5.89 Å². The van der Waals surface area contributed by atoms with Gasteiger partial charge < -0.3 is 19.5 Å². The van der Waals surface area contributed by atoms with Gasteiger partial charge >= 0.3 is 0 Å². The van der Waals surface area contributed by atoms with E-state index in [1.54, 1.807) is 12.1 Å². The summed E-state index contributed by atoms with van der Waals surface area (Å²) < 4.78 is 79.5. The Labute approximate surface area is 142 Å². The summed E-state index contributed by atoms with van der Waals surface area (Å²) in [6.07, 6.45) is -4.79. The Kier molecular flexibility index (Phi) is 1.43. The zero-order valence-electron chi connectivity index (χ0n) is 20.3. The lowest BCUT2D eigenvalue weighted by Crippen LogP contribution is -2.66. The Morgan fingerprint density at radius 3 is 3.36 bits per heavy atom. The lowest BCUT2D eigenvalue weighted by atomic mass is 9.51. The van der Waals surface area contributed by atoms with E-state index in [2.05, 4.69) is 0 Å². The first kappa shape index (κ1) is 7.54. The molecule has 1 N–H and O–H groups in total. The fourth-order valence-electron chi connectivity index (χ4n) is 4.76. The van der Waals surface area contributed by atoms with Crippen LogP contribution >= 0.6 is 0 Å². The second-order valence-corrected chi connectivity index (χ2v) is 6.47. The highest BCUT2D eigenvalue weighted by atomic mass is 16.5. The van der Waals surface area contributed by atoms with Crippen LogP contribution in [0.5, 0.6) is 11.5 Å². The standard InChI is InChI=1S/C18H23NO3/c1-19-8-7-18-11-4-5-13(20)17(18)22-16-14(21-2)6-3-10(15(16)18)9-12(11)19/h3,6,11-13,17,20H,4-5,7-9H2,1-2H3/t11-,12+,13?,17?,18-/m0/s1/i1D3,9D2,11D,13D,20D. The molecule has 4 nitrogen and oxygen atoms in total. The number of likely N-dealkylation sites (N-methyl/N-ethyl adjacent to an activating group) is 1. The van der Waals surface area contributed by atoms with Crippen molar-refractivity contribution >= 4 is 0 Å². The second kappa shape index (κ2) is 4.18. The predicted octanol–water partition coefficient (Wildman–Crippen LogP) is 1.73. The summed E-state index contributed by atoms with van der Waals surface area (Å²) in [6, 6.07) is 1.88. The molecule has 1 saturated carbocycles. The van der Waals surface area contributed by atoms with Gasteiger partial charge in [-0.1, -0.05) is 6.07 Å². The number of methoxy groups -OCH3 is 1. The number of piperidine rings is 1. The molecule has 5 atom stereocenters. The Morgan fingerprint density at radius 2 is 2.55 bits per heavy atom. The van der Waals surface area contributed by atoms with Gasteiger partial charge in [0.2, 0.25) is 1.43 Å². The molecule has 2 unspecified atom stereocenters. The third-order valence-electron chi connectivity index (χ3n) is 5.66. The molecule has 2 aliphatic heterocycles. The summed E-state index contributed by atoms with van der Waals surface area (Å²) in [5.74, 6) is -0.946. The SMILES string of the molecule is [2H]OC1([2H])CC[C@@]2([2H])[C@@H]3N(C([2H])([2H])[2H])CC[C@@]24c2c(ccc(OC)c2OC14)C3([2H])[2H]. The van der Waals surface area contributed by atoms with Gasteiger partial charge in [-0.05, 0) is 56.7 Å². The van der Waals surface area contributed by atoms with Gasteiger partial charge in [-0.2, -0.15) is 0 Å². The van der Waals surface area contributed by atoms with Gasteiger partial charge in [0.05, 0.1) is 14.6 Å². The first-order valence-corrected chi connectivity index (χ1v) is 7.68. The van der Waals surface area contributed by atoms with E-state index in [1.165, 1.54) is 7.11 Å². The van der Waals surface area contributed by atoms with Crippen LogP contribution in [-0.2, 0) is 11.8 Å². The number of ether oxygens (including phenoxy) is 2. The van der Waals surface area contributed by atoms with E-state index in [4.69, 9.17) is 24.2 Å². The zero-order chi connectivity index (χ0) is 21.9. The zero-order valence-corrected chi connectivity index (χ0v) is 12.3. The van der Waals surface area contributed by atoms with Crippen LogP contribution in [0.3, 0.4) is 0 Å². The molecule has 0 amide bonds. The van der Waals surface area contributed by atoms with Crippen LogP contribution < -0.4 is 9.47 Å². The molecule has 0 radical (unpaired) electrons. The number of benzene rings is 1. The number of rotatable bonds is 2. The average molecular weight is 309 g/mol. The quantitative estimate of drug-likeness (QED) is 0.903. The maximum Gasteiger partial charge on any atom is 0.211 e. The lowest BCUT2D eigenvalue weighted by Gasteiger charge is -2.58. The molecule has 0 aromatic heterocycles. The van der Waals surface area contributed by atoms with Gasteiger partial charge in [-0.15, -0.1) is 0 Å². The lowest BCUT2D eigenvalue weighted by molar-refractivity contribution is -0.0993. The molecule has 1 aromatic rings. The van der Waals surface area contributed by atoms with Crippen LogP contribution in [0.1, 0.15) is 40.0 Å². The van der Waals surface area contributed by atoms with Crippen molar-refractivity contribution in [1.82, 2.24) is 4.90 Å². The summed E-state index contributed by atoms with van der Waals surface area (Å²) in [7, 11) is 1.46. The van der Waals surface area contributed by atoms with Crippen LogP contribution in [0.2, 0.25) is 0 Å². The molecule has 1 aromatic carbocycles. The topological polar surface area (TPSA) is 41.9 Å². The third kappa shape index (κ3) is 1.32. The van der Waals surface area contributed by atoms with Crippen molar-refractivity contribution in [1.29, 1.82) is 1.43 Å². The van der Waals surface area contributed by atoms with Crippen molar-refractivity contribution in [2.24, 2.45) is 5.89 Å². The molecule has 2 heterocycles. The van der Waals surface area contributed by atoms with Crippen LogP contribution in [-0.4, -0.2) is 50.3 Å². The van der Waals surface area contributed by atoms with Crippen LogP contribution in [0.15, 0.2) is 12.1 Å². The number of hydrogen-bond acceptors (Lipinski definition) is 4. The van der Waals surface area contributed by atoms with Crippen molar-refractivity contribution in [2.75, 3.05) is 20.6 Å². The van der Waals surface area contributed by atoms with Crippen LogP contribution in [0.25, 0.3) is 0 Å². The molecule has 22 heavy (non-hydrogen) atoms. The highest BCUT2D eigenvalue weighted by Gasteiger charge is 2.65. The molecule has 4 aliphatic rings. The van der Waals surface area contributed by atoms with Gasteiger partial charge in [-0.3, -0.25) is 0 Å². The number of hydrogen-bond donors (Lipinski definition) is 1. The van der Waals surface area contributed by atoms with Gasteiger partial charge in [0.1, 0.15) is 6.10 Å². The molecular weight excluding hydrogens is 278 g/mol. The van der Waals surface area contributed by atoms with Crippen molar-refractivity contribution in [2.45, 2.75) is 49.3 Å². The largest absolute Gasteiger partial charge is 0.493 e. The van der Waals surface area contributed by atoms with Gasteiger partial charge in [-0.25, -0.2) is 0 Å². The molecule has 2 bridgehead atoms. The van der Waals surface area contributed by atoms with E-state index in [9.17, 15) is 1.37 Å². The van der Waals surface area contributed by atoms with Crippen molar-refractivity contribution in [3.8, 4) is 11.5 Å². The van der Waals surface area contributed by atoms with E-state index in [-0.39, 0.29) is 37.1 Å². The van der Waals surface area contributed by atoms with Crippen molar-refractivity contribution < 1.29 is 24.2 Å². The Hall–Kier alpha value is -1.26. The summed E-state index contributed by atoms with van der Waals surface area (Å²) in [4.78, 5) is 1.13. The monoisotopic (exact) mass is 309 g/mol. The molecule has 118 valence electrons. The fraction of sp³-hybridized carbons (Fsp3) is 0.667. The average Bonchev–Trinajstić information content (AvgIpc) is 3.03. The number of nitrogens with zero attached hydrogens (tertiary/aromatic N) is 1. The van der Waals surface area contributed by atoms with Gasteiger partial charge in [0, 0.05) is 25.2 Å². The first-order chi connectivity index (χ1) is 13.9. The second-order valence-electron chi connectivity index (χ2n) is 6.47. The Bertz CT molecular complexity index is 925. The molecule has 1 saturated heterocycles. The molecule has 5 rings (SSSR count). The van der Waals surface area contributed by atoms with Crippen LogP contribution in [0.4, 0.5) is 0 Å². The van der Waals surface area contributed by atoms with Crippen molar-refractivity contribution in [3.63, 3.8) is 0 Å². The number of aliphatic hydroxyl groups is 1. The highest BCUT2D eigenvalue weighted by Crippen LogP contribution is 2.63. The molecule has 1 spiro atoms. The summed E-state index contributed by atoms with van der Waals surface area (Å²) in [5, 5.41) is 4.84. The predicted molar refractivity (Wildman–Crippen MR) is 82.6 cm³/mol. The first-order valence-electron chi connectivity index (χ1n) is 11.6. The third-order valence-corrected chi connectivity index (χ3v) is 5.66. The molecule has 4 heteroatoms. The maximum atomic E-state index is 9.57. The normalized spacial score (nSPS) is 56.6. The maximum absolute atomic E-state index is 9.57. The summed E-state index contributed by atoms with van der Waals surface area (Å²) in [6.45, 7) is -2.55. The fourth-order valence-corrected chi connectivity index (χ4v) is 4.76. The van der Waals surface area contributed by atoms with Gasteiger partial charge in [0.25, 0.3) is 0 Å². The van der Waals surface area contributed by atoms with E-state index in [1.807, 2.05) is 0 Å². The Morgan fingerprint density at radius 1 is 1.59 bits per heavy atom.